The first-order valence-electron chi connectivity index (χ1n) is 8.30. The normalized spacial score (nSPS) is 12.7. The van der Waals surface area contributed by atoms with Gasteiger partial charge in [-0.05, 0) is 60.8 Å². The Labute approximate surface area is 120 Å². The summed E-state index contributed by atoms with van der Waals surface area (Å²) in [6.07, 6.45) is 8.92. The summed E-state index contributed by atoms with van der Waals surface area (Å²) in [7, 11) is 0. The van der Waals surface area contributed by atoms with Crippen LogP contribution in [0.1, 0.15) is 88.0 Å². The molecule has 0 heteroatoms. The van der Waals surface area contributed by atoms with Gasteiger partial charge in [-0.25, -0.2) is 0 Å². The maximum atomic E-state index is 2.42. The predicted molar refractivity (Wildman–Crippen MR) is 87.1 cm³/mol. The molecule has 1 atom stereocenters. The van der Waals surface area contributed by atoms with Gasteiger partial charge < -0.3 is 0 Å². The van der Waals surface area contributed by atoms with Crippen LogP contribution < -0.4 is 0 Å². The lowest BCUT2D eigenvalue weighted by Crippen LogP contribution is -2.07. The zero-order chi connectivity index (χ0) is 14.3. The van der Waals surface area contributed by atoms with Crippen molar-refractivity contribution in [2.45, 2.75) is 85.5 Å². The van der Waals surface area contributed by atoms with E-state index in [2.05, 4.69) is 46.8 Å². The molecule has 0 N–H and O–H groups in total. The Balaban J connectivity index is 3.24. The van der Waals surface area contributed by atoms with Crippen LogP contribution in [-0.4, -0.2) is 0 Å². The summed E-state index contributed by atoms with van der Waals surface area (Å²) in [4.78, 5) is 0. The third kappa shape index (κ3) is 4.09. The van der Waals surface area contributed by atoms with E-state index in [-0.39, 0.29) is 0 Å². The molecule has 1 rings (SSSR count). The summed E-state index contributed by atoms with van der Waals surface area (Å²) in [5, 5.41) is 0. The average Bonchev–Trinajstić information content (AvgIpc) is 2.41. The molecule has 0 bridgehead atoms. The smallest absolute Gasteiger partial charge is 0.0162 e. The van der Waals surface area contributed by atoms with Crippen LogP contribution in [0.4, 0.5) is 0 Å². The van der Waals surface area contributed by atoms with E-state index in [4.69, 9.17) is 0 Å². The van der Waals surface area contributed by atoms with Crippen molar-refractivity contribution in [2.75, 3.05) is 0 Å². The Morgan fingerprint density at radius 2 is 1.47 bits per heavy atom. The van der Waals surface area contributed by atoms with Crippen LogP contribution in [0.15, 0.2) is 12.1 Å². The van der Waals surface area contributed by atoms with Crippen molar-refractivity contribution in [1.29, 1.82) is 0 Å². The lowest BCUT2D eigenvalue weighted by atomic mass is 9.82. The van der Waals surface area contributed by atoms with Gasteiger partial charge in [0.1, 0.15) is 0 Å². The maximum Gasteiger partial charge on any atom is -0.0162 e. The summed E-state index contributed by atoms with van der Waals surface area (Å²) in [5.74, 6) is 0.766. The van der Waals surface area contributed by atoms with Crippen LogP contribution in [0.2, 0.25) is 0 Å². The van der Waals surface area contributed by atoms with Crippen LogP contribution in [0.3, 0.4) is 0 Å². The molecule has 1 aromatic carbocycles. The second kappa shape index (κ2) is 8.40. The molecule has 0 radical (unpaired) electrons. The van der Waals surface area contributed by atoms with Crippen molar-refractivity contribution in [1.82, 2.24) is 0 Å². The monoisotopic (exact) mass is 260 g/mol. The van der Waals surface area contributed by atoms with Crippen molar-refractivity contribution in [3.63, 3.8) is 0 Å². The van der Waals surface area contributed by atoms with E-state index < -0.39 is 0 Å². The second-order valence-electron chi connectivity index (χ2n) is 5.82. The molecule has 0 aliphatic carbocycles. The van der Waals surface area contributed by atoms with Gasteiger partial charge in [-0.3, -0.25) is 0 Å². The van der Waals surface area contributed by atoms with Gasteiger partial charge in [0.05, 0.1) is 0 Å². The molecular formula is C19H32. The molecule has 19 heavy (non-hydrogen) atoms. The van der Waals surface area contributed by atoms with Crippen LogP contribution in [0, 0.1) is 6.92 Å². The summed E-state index contributed by atoms with van der Waals surface area (Å²) in [5.41, 5.74) is 6.49. The highest BCUT2D eigenvalue weighted by Crippen LogP contribution is 2.32. The van der Waals surface area contributed by atoms with E-state index in [0.29, 0.717) is 0 Å². The zero-order valence-corrected chi connectivity index (χ0v) is 13.7. The predicted octanol–water partition coefficient (Wildman–Crippen LogP) is 6.19. The third-order valence-corrected chi connectivity index (χ3v) is 4.27. The average molecular weight is 260 g/mol. The molecule has 0 amide bonds. The molecule has 0 saturated heterocycles. The standard InChI is InChI=1S/C19H32/c1-6-10-16(9-4)18-14-13-15(5)17(11-7-2)19(18)12-8-3/h13-14,16H,6-12H2,1-5H3. The molecule has 0 heterocycles. The molecule has 0 aliphatic rings. The van der Waals surface area contributed by atoms with E-state index in [9.17, 15) is 0 Å². The summed E-state index contributed by atoms with van der Waals surface area (Å²) in [6, 6.07) is 4.78. The molecule has 1 aromatic rings. The fourth-order valence-corrected chi connectivity index (χ4v) is 3.28. The van der Waals surface area contributed by atoms with Crippen LogP contribution in [0.25, 0.3) is 0 Å². The van der Waals surface area contributed by atoms with E-state index in [1.807, 2.05) is 0 Å². The van der Waals surface area contributed by atoms with E-state index >= 15 is 0 Å². The van der Waals surface area contributed by atoms with Crippen molar-refractivity contribution in [3.05, 3.63) is 34.4 Å². The summed E-state index contributed by atoms with van der Waals surface area (Å²) in [6.45, 7) is 11.5. The highest BCUT2D eigenvalue weighted by atomic mass is 14.2. The van der Waals surface area contributed by atoms with Gasteiger partial charge in [0.15, 0.2) is 0 Å². The van der Waals surface area contributed by atoms with Crippen molar-refractivity contribution >= 4 is 0 Å². The Morgan fingerprint density at radius 3 is 2.00 bits per heavy atom. The van der Waals surface area contributed by atoms with Gasteiger partial charge in [0.2, 0.25) is 0 Å². The minimum absolute atomic E-state index is 0.766. The minimum atomic E-state index is 0.766. The third-order valence-electron chi connectivity index (χ3n) is 4.27. The molecular weight excluding hydrogens is 228 g/mol. The molecule has 0 nitrogen and oxygen atoms in total. The number of hydrogen-bond donors (Lipinski definition) is 0. The first-order valence-corrected chi connectivity index (χ1v) is 8.30. The van der Waals surface area contributed by atoms with Crippen LogP contribution in [0.5, 0.6) is 0 Å². The second-order valence-corrected chi connectivity index (χ2v) is 5.82. The Bertz CT molecular complexity index is 376. The van der Waals surface area contributed by atoms with Crippen molar-refractivity contribution < 1.29 is 0 Å². The van der Waals surface area contributed by atoms with E-state index in [1.165, 1.54) is 50.5 Å². The first kappa shape index (κ1) is 16.3. The van der Waals surface area contributed by atoms with Crippen LogP contribution in [-0.2, 0) is 12.8 Å². The molecule has 108 valence electrons. The van der Waals surface area contributed by atoms with E-state index in [0.717, 1.165) is 5.92 Å². The lowest BCUT2D eigenvalue weighted by molar-refractivity contribution is 0.588. The minimum Gasteiger partial charge on any atom is -0.0654 e. The molecule has 1 unspecified atom stereocenters. The number of hydrogen-bond acceptors (Lipinski definition) is 0. The topological polar surface area (TPSA) is 0 Å². The first-order chi connectivity index (χ1) is 9.19. The van der Waals surface area contributed by atoms with Gasteiger partial charge in [-0.15, -0.1) is 0 Å². The Morgan fingerprint density at radius 1 is 0.842 bits per heavy atom. The molecule has 0 aliphatic heterocycles. The highest BCUT2D eigenvalue weighted by Gasteiger charge is 2.16. The summed E-state index contributed by atoms with van der Waals surface area (Å²) >= 11 is 0. The molecule has 0 fully saturated rings. The fraction of sp³-hybridized carbons (Fsp3) is 0.684. The van der Waals surface area contributed by atoms with Gasteiger partial charge in [0, 0.05) is 0 Å². The number of rotatable bonds is 8. The highest BCUT2D eigenvalue weighted by molar-refractivity contribution is 5.42. The van der Waals surface area contributed by atoms with Gasteiger partial charge in [-0.1, -0.05) is 59.1 Å². The largest absolute Gasteiger partial charge is 0.0654 e. The zero-order valence-electron chi connectivity index (χ0n) is 13.7. The molecule has 0 spiro atoms. The van der Waals surface area contributed by atoms with Crippen LogP contribution >= 0.6 is 0 Å². The summed E-state index contributed by atoms with van der Waals surface area (Å²) < 4.78 is 0. The van der Waals surface area contributed by atoms with Gasteiger partial charge in [-0.2, -0.15) is 0 Å². The lowest BCUT2D eigenvalue weighted by Gasteiger charge is -2.23. The molecule has 0 aromatic heterocycles. The van der Waals surface area contributed by atoms with E-state index in [1.54, 1.807) is 16.7 Å². The Kier molecular flexibility index (Phi) is 7.20. The van der Waals surface area contributed by atoms with Gasteiger partial charge >= 0.3 is 0 Å². The Hall–Kier alpha value is -0.780. The number of aryl methyl sites for hydroxylation is 1. The molecule has 0 saturated carbocycles. The van der Waals surface area contributed by atoms with Crippen molar-refractivity contribution in [3.8, 4) is 0 Å². The maximum absolute atomic E-state index is 2.42. The van der Waals surface area contributed by atoms with Crippen molar-refractivity contribution in [2.24, 2.45) is 0 Å². The SMILES string of the molecule is CCCc1c(C)ccc(C(CC)CCC)c1CCC. The van der Waals surface area contributed by atoms with Gasteiger partial charge in [0.25, 0.3) is 0 Å². The quantitative estimate of drug-likeness (QED) is 0.522. The fourth-order valence-electron chi connectivity index (χ4n) is 3.28. The number of benzene rings is 1.